The molecule has 7 nitrogen and oxygen atoms in total. The third-order valence-corrected chi connectivity index (χ3v) is 6.38. The van der Waals surface area contributed by atoms with E-state index in [1.54, 1.807) is 28.7 Å². The van der Waals surface area contributed by atoms with Crippen LogP contribution < -0.4 is 10.2 Å². The molecule has 2 amide bonds. The summed E-state index contributed by atoms with van der Waals surface area (Å²) in [6.07, 6.45) is 8.63. The molecule has 1 atom stereocenters. The van der Waals surface area contributed by atoms with Gasteiger partial charge in [0.25, 0.3) is 5.91 Å². The second kappa shape index (κ2) is 9.99. The smallest absolute Gasteiger partial charge is 0.280 e. The van der Waals surface area contributed by atoms with E-state index in [1.807, 2.05) is 38.1 Å². The van der Waals surface area contributed by atoms with Gasteiger partial charge >= 0.3 is 0 Å². The lowest BCUT2D eigenvalue weighted by atomic mass is 9.94. The minimum atomic E-state index is -0.875. The van der Waals surface area contributed by atoms with Crippen LogP contribution in [0.1, 0.15) is 65.3 Å². The number of aromatic nitrogens is 3. The van der Waals surface area contributed by atoms with E-state index in [0.29, 0.717) is 11.3 Å². The molecule has 1 unspecified atom stereocenters. The average Bonchev–Trinajstić information content (AvgIpc) is 3.35. The normalized spacial score (nSPS) is 15.2. The maximum atomic E-state index is 13.7. The van der Waals surface area contributed by atoms with E-state index in [4.69, 9.17) is 0 Å². The number of carbonyl (C=O) groups is 2. The Kier molecular flexibility index (Phi) is 6.90. The van der Waals surface area contributed by atoms with Crippen LogP contribution in [-0.4, -0.2) is 32.4 Å². The Morgan fingerprint density at radius 1 is 1.16 bits per heavy atom. The number of benzene rings is 1. The van der Waals surface area contributed by atoms with Gasteiger partial charge in [-0.25, -0.2) is 0 Å². The molecule has 1 saturated carbocycles. The number of carbonyl (C=O) groups excluding carboxylic acids is 2. The summed E-state index contributed by atoms with van der Waals surface area (Å²) < 4.78 is 3.86. The fraction of sp³-hybridized carbons (Fsp3) is 0.375. The van der Waals surface area contributed by atoms with Crippen molar-refractivity contribution in [2.75, 3.05) is 4.90 Å². The molecule has 1 aliphatic rings. The van der Waals surface area contributed by atoms with Crippen molar-refractivity contribution in [2.24, 2.45) is 0 Å². The molecule has 2 heterocycles. The predicted octanol–water partition coefficient (Wildman–Crippen LogP) is 4.39. The SMILES string of the molecule is Cc1ccc(C)c(N(C(=O)c2csnn2)C(C(=O)NC2CCCCC2)c2cccnc2)c1. The lowest BCUT2D eigenvalue weighted by Crippen LogP contribution is -2.47. The van der Waals surface area contributed by atoms with Gasteiger partial charge < -0.3 is 5.32 Å². The van der Waals surface area contributed by atoms with Crippen LogP contribution in [0.4, 0.5) is 5.69 Å². The van der Waals surface area contributed by atoms with Crippen molar-refractivity contribution in [2.45, 2.75) is 58.0 Å². The zero-order valence-corrected chi connectivity index (χ0v) is 19.1. The molecule has 4 rings (SSSR count). The van der Waals surface area contributed by atoms with Crippen LogP contribution in [0.2, 0.25) is 0 Å². The Labute approximate surface area is 192 Å². The molecule has 0 saturated heterocycles. The molecule has 0 radical (unpaired) electrons. The molecule has 32 heavy (non-hydrogen) atoms. The predicted molar refractivity (Wildman–Crippen MR) is 125 cm³/mol. The molecule has 2 aromatic heterocycles. The highest BCUT2D eigenvalue weighted by Crippen LogP contribution is 2.33. The Morgan fingerprint density at radius 2 is 1.97 bits per heavy atom. The topological polar surface area (TPSA) is 88.1 Å². The van der Waals surface area contributed by atoms with Gasteiger partial charge in [0, 0.05) is 35.1 Å². The zero-order chi connectivity index (χ0) is 22.5. The summed E-state index contributed by atoms with van der Waals surface area (Å²) in [6, 6.07) is 8.75. The van der Waals surface area contributed by atoms with E-state index in [-0.39, 0.29) is 23.6 Å². The molecule has 8 heteroatoms. The van der Waals surface area contributed by atoms with Crippen LogP contribution in [0.15, 0.2) is 48.1 Å². The first kappa shape index (κ1) is 22.1. The van der Waals surface area contributed by atoms with Gasteiger partial charge in [0.2, 0.25) is 5.91 Å². The number of nitrogens with zero attached hydrogens (tertiary/aromatic N) is 4. The fourth-order valence-electron chi connectivity index (χ4n) is 4.21. The number of amides is 2. The van der Waals surface area contributed by atoms with Crippen molar-refractivity contribution in [3.8, 4) is 0 Å². The van der Waals surface area contributed by atoms with Crippen LogP contribution in [0, 0.1) is 13.8 Å². The van der Waals surface area contributed by atoms with Crippen LogP contribution >= 0.6 is 11.5 Å². The largest absolute Gasteiger partial charge is 0.351 e. The Hall–Kier alpha value is -3.13. The van der Waals surface area contributed by atoms with Crippen molar-refractivity contribution in [1.82, 2.24) is 19.9 Å². The number of nitrogens with one attached hydrogen (secondary N) is 1. The molecular weight excluding hydrogens is 422 g/mol. The number of aryl methyl sites for hydroxylation is 2. The van der Waals surface area contributed by atoms with E-state index in [2.05, 4.69) is 19.9 Å². The van der Waals surface area contributed by atoms with Crippen LogP contribution in [-0.2, 0) is 4.79 Å². The highest BCUT2D eigenvalue weighted by molar-refractivity contribution is 7.03. The summed E-state index contributed by atoms with van der Waals surface area (Å²) in [5.74, 6) is -0.567. The summed E-state index contributed by atoms with van der Waals surface area (Å²) >= 11 is 1.11. The van der Waals surface area contributed by atoms with E-state index >= 15 is 0 Å². The van der Waals surface area contributed by atoms with Crippen LogP contribution in [0.3, 0.4) is 0 Å². The summed E-state index contributed by atoms with van der Waals surface area (Å²) in [4.78, 5) is 33.2. The highest BCUT2D eigenvalue weighted by atomic mass is 32.1. The quantitative estimate of drug-likeness (QED) is 0.603. The molecule has 0 spiro atoms. The second-order valence-electron chi connectivity index (χ2n) is 8.29. The number of hydrogen-bond donors (Lipinski definition) is 1. The first-order chi connectivity index (χ1) is 15.5. The number of pyridine rings is 1. The van der Waals surface area contributed by atoms with E-state index in [1.165, 1.54) is 6.42 Å². The minimum Gasteiger partial charge on any atom is -0.351 e. The Bertz CT molecular complexity index is 1070. The molecular formula is C24H27N5O2S. The molecule has 166 valence electrons. The van der Waals surface area contributed by atoms with Gasteiger partial charge in [-0.1, -0.05) is 41.9 Å². The van der Waals surface area contributed by atoms with Crippen molar-refractivity contribution in [3.05, 3.63) is 70.5 Å². The van der Waals surface area contributed by atoms with E-state index in [0.717, 1.165) is 48.3 Å². The summed E-state index contributed by atoms with van der Waals surface area (Å²) in [6.45, 7) is 3.91. The second-order valence-corrected chi connectivity index (χ2v) is 8.90. The highest BCUT2D eigenvalue weighted by Gasteiger charge is 2.36. The van der Waals surface area contributed by atoms with Crippen LogP contribution in [0.25, 0.3) is 0 Å². The van der Waals surface area contributed by atoms with Gasteiger partial charge in [-0.3, -0.25) is 19.5 Å². The number of hydrogen-bond acceptors (Lipinski definition) is 6. The van der Waals surface area contributed by atoms with Gasteiger partial charge in [0.05, 0.1) is 0 Å². The first-order valence-electron chi connectivity index (χ1n) is 10.9. The minimum absolute atomic E-state index is 0.118. The third-order valence-electron chi connectivity index (χ3n) is 5.88. The van der Waals surface area contributed by atoms with Crippen molar-refractivity contribution >= 4 is 29.0 Å². The molecule has 1 N–H and O–H groups in total. The number of rotatable bonds is 6. The van der Waals surface area contributed by atoms with Gasteiger partial charge in [-0.05, 0) is 61.5 Å². The van der Waals surface area contributed by atoms with E-state index < -0.39 is 6.04 Å². The molecule has 0 aliphatic heterocycles. The summed E-state index contributed by atoms with van der Waals surface area (Å²) in [5.41, 5.74) is 3.44. The monoisotopic (exact) mass is 449 g/mol. The average molecular weight is 450 g/mol. The first-order valence-corrected chi connectivity index (χ1v) is 11.8. The number of anilines is 1. The van der Waals surface area contributed by atoms with Gasteiger partial charge in [0.15, 0.2) is 5.69 Å². The molecule has 1 aromatic carbocycles. The maximum Gasteiger partial charge on any atom is 0.280 e. The van der Waals surface area contributed by atoms with E-state index in [9.17, 15) is 9.59 Å². The lowest BCUT2D eigenvalue weighted by Gasteiger charge is -2.33. The fourth-order valence-corrected chi connectivity index (χ4v) is 4.64. The molecule has 3 aromatic rings. The van der Waals surface area contributed by atoms with Crippen LogP contribution in [0.5, 0.6) is 0 Å². The third kappa shape index (κ3) is 4.85. The van der Waals surface area contributed by atoms with Crippen molar-refractivity contribution < 1.29 is 9.59 Å². The van der Waals surface area contributed by atoms with Gasteiger partial charge in [-0.2, -0.15) is 0 Å². The summed E-state index contributed by atoms with van der Waals surface area (Å²) in [5, 5.41) is 8.81. The van der Waals surface area contributed by atoms with Crippen molar-refractivity contribution in [1.29, 1.82) is 0 Å². The standard InChI is InChI=1S/C24H27N5O2S/c1-16-10-11-17(2)21(13-16)29(24(31)20-15-32-28-27-20)22(18-7-6-12-25-14-18)23(30)26-19-8-4-3-5-9-19/h6-7,10-15,19,22H,3-5,8-9H2,1-2H3,(H,26,30). The molecule has 1 aliphatic carbocycles. The summed E-state index contributed by atoms with van der Waals surface area (Å²) in [7, 11) is 0. The molecule has 1 fully saturated rings. The van der Waals surface area contributed by atoms with Gasteiger partial charge in [0.1, 0.15) is 6.04 Å². The lowest BCUT2D eigenvalue weighted by molar-refractivity contribution is -0.123. The Balaban J connectivity index is 1.81. The molecule has 0 bridgehead atoms. The Morgan fingerprint density at radius 3 is 2.66 bits per heavy atom. The van der Waals surface area contributed by atoms with Crippen molar-refractivity contribution in [3.63, 3.8) is 0 Å². The zero-order valence-electron chi connectivity index (χ0n) is 18.3. The van der Waals surface area contributed by atoms with Gasteiger partial charge in [-0.15, -0.1) is 5.10 Å². The maximum absolute atomic E-state index is 13.7.